The van der Waals surface area contributed by atoms with Gasteiger partial charge in [0.15, 0.2) is 0 Å². The Hall–Kier alpha value is -1.84. The number of benzene rings is 1. The van der Waals surface area contributed by atoms with Crippen molar-refractivity contribution < 1.29 is 14.7 Å². The minimum Gasteiger partial charge on any atom is -0.481 e. The van der Waals surface area contributed by atoms with Crippen molar-refractivity contribution in [2.24, 2.45) is 11.8 Å². The second-order valence-corrected chi connectivity index (χ2v) is 6.13. The van der Waals surface area contributed by atoms with Crippen LogP contribution in [0.2, 0.25) is 0 Å². The molecule has 4 heteroatoms. The fourth-order valence-corrected chi connectivity index (χ4v) is 3.75. The van der Waals surface area contributed by atoms with Crippen molar-refractivity contribution in [3.63, 3.8) is 0 Å². The summed E-state index contributed by atoms with van der Waals surface area (Å²) >= 11 is 0. The summed E-state index contributed by atoms with van der Waals surface area (Å²) in [5.41, 5.74) is 2.50. The zero-order valence-electron chi connectivity index (χ0n) is 12.0. The third-order valence-corrected chi connectivity index (χ3v) is 4.86. The average molecular weight is 287 g/mol. The summed E-state index contributed by atoms with van der Waals surface area (Å²) in [5, 5.41) is 12.3. The van der Waals surface area contributed by atoms with Crippen molar-refractivity contribution in [1.82, 2.24) is 5.32 Å². The molecule has 2 unspecified atom stereocenters. The quantitative estimate of drug-likeness (QED) is 0.898. The molecule has 0 aromatic heterocycles. The number of amides is 1. The van der Waals surface area contributed by atoms with Gasteiger partial charge in [-0.3, -0.25) is 9.59 Å². The van der Waals surface area contributed by atoms with Crippen LogP contribution < -0.4 is 5.32 Å². The standard InChI is InChI=1S/C17H21NO3/c19-16(13-8-4-9-14(13)17(20)21)18-15-10-3-6-11-5-1-2-7-12(11)15/h1-2,5,7,13-15H,3-4,6,8-10H2,(H,18,19)(H,20,21)/t13-,14?,15?/m0/s1. The van der Waals surface area contributed by atoms with Crippen LogP contribution in [-0.4, -0.2) is 17.0 Å². The number of carbonyl (C=O) groups is 2. The molecule has 3 atom stereocenters. The predicted molar refractivity (Wildman–Crippen MR) is 78.7 cm³/mol. The Morgan fingerprint density at radius 3 is 2.62 bits per heavy atom. The third-order valence-electron chi connectivity index (χ3n) is 4.86. The smallest absolute Gasteiger partial charge is 0.307 e. The fraction of sp³-hybridized carbons (Fsp3) is 0.529. The molecule has 4 nitrogen and oxygen atoms in total. The van der Waals surface area contributed by atoms with Gasteiger partial charge in [-0.25, -0.2) is 0 Å². The number of carbonyl (C=O) groups excluding carboxylic acids is 1. The molecule has 3 rings (SSSR count). The molecule has 0 heterocycles. The number of carboxylic acid groups (broad SMARTS) is 1. The van der Waals surface area contributed by atoms with Crippen molar-refractivity contribution in [2.75, 3.05) is 0 Å². The average Bonchev–Trinajstić information content (AvgIpc) is 2.97. The van der Waals surface area contributed by atoms with E-state index in [1.54, 1.807) is 0 Å². The molecule has 0 spiro atoms. The van der Waals surface area contributed by atoms with E-state index >= 15 is 0 Å². The van der Waals surface area contributed by atoms with Crippen LogP contribution in [0.1, 0.15) is 49.3 Å². The molecule has 112 valence electrons. The molecule has 2 aliphatic rings. The van der Waals surface area contributed by atoms with E-state index in [1.165, 1.54) is 11.1 Å². The first-order valence-electron chi connectivity index (χ1n) is 7.78. The first-order chi connectivity index (χ1) is 10.2. The molecule has 0 aliphatic heterocycles. The van der Waals surface area contributed by atoms with E-state index < -0.39 is 11.9 Å². The first-order valence-corrected chi connectivity index (χ1v) is 7.78. The maximum atomic E-state index is 12.5. The zero-order valence-corrected chi connectivity index (χ0v) is 12.0. The minimum atomic E-state index is -0.836. The van der Waals surface area contributed by atoms with Crippen LogP contribution in [0.15, 0.2) is 24.3 Å². The maximum absolute atomic E-state index is 12.5. The van der Waals surface area contributed by atoms with E-state index in [1.807, 2.05) is 12.1 Å². The minimum absolute atomic E-state index is 0.0393. The highest BCUT2D eigenvalue weighted by atomic mass is 16.4. The van der Waals surface area contributed by atoms with Gasteiger partial charge < -0.3 is 10.4 Å². The Morgan fingerprint density at radius 1 is 1.05 bits per heavy atom. The van der Waals surface area contributed by atoms with Gasteiger partial charge in [-0.15, -0.1) is 0 Å². The summed E-state index contributed by atoms with van der Waals surface area (Å²) in [6.07, 6.45) is 5.20. The van der Waals surface area contributed by atoms with Crippen LogP contribution >= 0.6 is 0 Å². The number of fused-ring (bicyclic) bond motifs is 1. The van der Waals surface area contributed by atoms with E-state index in [0.717, 1.165) is 25.7 Å². The van der Waals surface area contributed by atoms with Gasteiger partial charge in [0.2, 0.25) is 5.91 Å². The number of nitrogens with one attached hydrogen (secondary N) is 1. The first kappa shape index (κ1) is 14.1. The van der Waals surface area contributed by atoms with Gasteiger partial charge in [0.05, 0.1) is 17.9 Å². The van der Waals surface area contributed by atoms with Crippen LogP contribution in [0.5, 0.6) is 0 Å². The van der Waals surface area contributed by atoms with E-state index in [-0.39, 0.29) is 17.9 Å². The molecule has 21 heavy (non-hydrogen) atoms. The Morgan fingerprint density at radius 2 is 1.81 bits per heavy atom. The van der Waals surface area contributed by atoms with Crippen LogP contribution in [0.4, 0.5) is 0 Å². The van der Waals surface area contributed by atoms with Gasteiger partial charge in [0.1, 0.15) is 0 Å². The molecule has 1 aromatic carbocycles. The van der Waals surface area contributed by atoms with Gasteiger partial charge in [0.25, 0.3) is 0 Å². The second kappa shape index (κ2) is 5.88. The number of hydrogen-bond donors (Lipinski definition) is 2. The van der Waals surface area contributed by atoms with Crippen LogP contribution in [0.3, 0.4) is 0 Å². The van der Waals surface area contributed by atoms with Crippen LogP contribution in [-0.2, 0) is 16.0 Å². The topological polar surface area (TPSA) is 66.4 Å². The summed E-state index contributed by atoms with van der Waals surface area (Å²) in [6.45, 7) is 0. The normalized spacial score (nSPS) is 27.9. The lowest BCUT2D eigenvalue weighted by atomic mass is 9.87. The maximum Gasteiger partial charge on any atom is 0.307 e. The Balaban J connectivity index is 1.73. The summed E-state index contributed by atoms with van der Waals surface area (Å²) in [5.74, 6) is -1.79. The summed E-state index contributed by atoms with van der Waals surface area (Å²) in [4.78, 5) is 23.7. The summed E-state index contributed by atoms with van der Waals surface area (Å²) in [7, 11) is 0. The predicted octanol–water partition coefficient (Wildman–Crippen LogP) is 2.68. The SMILES string of the molecule is O=C(O)C1CCC[C@@H]1C(=O)NC1CCCc2ccccc21. The van der Waals surface area contributed by atoms with Crippen LogP contribution in [0.25, 0.3) is 0 Å². The number of rotatable bonds is 3. The highest BCUT2D eigenvalue weighted by molar-refractivity contribution is 5.85. The number of hydrogen-bond acceptors (Lipinski definition) is 2. The molecular weight excluding hydrogens is 266 g/mol. The largest absolute Gasteiger partial charge is 0.481 e. The Bertz CT molecular complexity index is 555. The fourth-order valence-electron chi connectivity index (χ4n) is 3.75. The van der Waals surface area contributed by atoms with Gasteiger partial charge in [0, 0.05) is 0 Å². The lowest BCUT2D eigenvalue weighted by Crippen LogP contribution is -2.38. The molecule has 0 bridgehead atoms. The third kappa shape index (κ3) is 2.80. The lowest BCUT2D eigenvalue weighted by Gasteiger charge is -2.28. The van der Waals surface area contributed by atoms with E-state index in [9.17, 15) is 14.7 Å². The zero-order chi connectivity index (χ0) is 14.8. The Kier molecular flexibility index (Phi) is 3.95. The van der Waals surface area contributed by atoms with E-state index in [4.69, 9.17) is 0 Å². The molecule has 2 N–H and O–H groups in total. The van der Waals surface area contributed by atoms with Crippen molar-refractivity contribution in [1.29, 1.82) is 0 Å². The van der Waals surface area contributed by atoms with Crippen LogP contribution in [0, 0.1) is 11.8 Å². The van der Waals surface area contributed by atoms with Crippen molar-refractivity contribution in [3.8, 4) is 0 Å². The summed E-state index contributed by atoms with van der Waals surface area (Å²) < 4.78 is 0. The van der Waals surface area contributed by atoms with E-state index in [2.05, 4.69) is 17.4 Å². The molecule has 0 saturated heterocycles. The number of carboxylic acids is 1. The number of aliphatic carboxylic acids is 1. The molecular formula is C17H21NO3. The van der Waals surface area contributed by atoms with Gasteiger partial charge in [-0.1, -0.05) is 30.7 Å². The van der Waals surface area contributed by atoms with Gasteiger partial charge >= 0.3 is 5.97 Å². The molecule has 0 radical (unpaired) electrons. The monoisotopic (exact) mass is 287 g/mol. The number of aryl methyl sites for hydroxylation is 1. The molecule has 1 fully saturated rings. The second-order valence-electron chi connectivity index (χ2n) is 6.13. The lowest BCUT2D eigenvalue weighted by molar-refractivity contribution is -0.146. The van der Waals surface area contributed by atoms with E-state index in [0.29, 0.717) is 12.8 Å². The van der Waals surface area contributed by atoms with Crippen molar-refractivity contribution in [3.05, 3.63) is 35.4 Å². The van der Waals surface area contributed by atoms with Crippen molar-refractivity contribution >= 4 is 11.9 Å². The highest BCUT2D eigenvalue weighted by Crippen LogP contribution is 2.34. The molecule has 1 aromatic rings. The molecule has 2 aliphatic carbocycles. The summed E-state index contributed by atoms with van der Waals surface area (Å²) in [6, 6.07) is 8.25. The van der Waals surface area contributed by atoms with Crippen molar-refractivity contribution in [2.45, 2.75) is 44.6 Å². The van der Waals surface area contributed by atoms with Gasteiger partial charge in [-0.2, -0.15) is 0 Å². The highest BCUT2D eigenvalue weighted by Gasteiger charge is 2.38. The van der Waals surface area contributed by atoms with Gasteiger partial charge in [-0.05, 0) is 43.2 Å². The molecule has 1 amide bonds. The molecule has 1 saturated carbocycles. The Labute approximate surface area is 124 Å².